The minimum absolute atomic E-state index is 0.0143. The van der Waals surface area contributed by atoms with E-state index in [0.717, 1.165) is 37.7 Å². The van der Waals surface area contributed by atoms with Crippen molar-refractivity contribution in [2.24, 2.45) is 23.7 Å². The molecule has 8 heteroatoms. The van der Waals surface area contributed by atoms with E-state index in [9.17, 15) is 9.59 Å². The van der Waals surface area contributed by atoms with Crippen molar-refractivity contribution in [1.82, 2.24) is 4.90 Å². The molecule has 3 saturated heterocycles. The molecule has 3 aliphatic heterocycles. The minimum atomic E-state index is -1.97. The molecule has 0 N–H and O–H groups in total. The molecule has 0 aromatic heterocycles. The van der Waals surface area contributed by atoms with Crippen LogP contribution in [0.1, 0.15) is 108 Å². The molecule has 0 saturated carbocycles. The first-order valence-corrected chi connectivity index (χ1v) is 19.0. The monoisotopic (exact) mass is 593 g/mol. The van der Waals surface area contributed by atoms with E-state index in [0.29, 0.717) is 18.3 Å². The largest absolute Gasteiger partial charge is 0.447 e. The van der Waals surface area contributed by atoms with Crippen LogP contribution in [-0.2, 0) is 23.4 Å². The first-order valence-electron chi connectivity index (χ1n) is 16.0. The fraction of sp³-hybridized carbons (Fsp3) is 0.879. The van der Waals surface area contributed by atoms with Gasteiger partial charge in [-0.15, -0.1) is 0 Å². The molecule has 7 atom stereocenters. The number of ether oxygens (including phenoxy) is 3. The topological polar surface area (TPSA) is 74.3 Å². The number of cyclic esters (lactones) is 1. The normalized spacial score (nSPS) is 32.6. The molecule has 3 fully saturated rings. The molecule has 3 aliphatic rings. The second-order valence-electron chi connectivity index (χ2n) is 15.4. The standard InChI is InChI=1S/C33H59NO6Si/c1-21(2)28-20-37-31(36)34(28)30(35)25(7)17-23(5)13-14-26-18-27(40-41(11,12)32(8,9)10)19-33(38-26)16-15-24(6)29(39-33)22(3)4/h13,21-22,24-29H,14-20H2,1-12H3/b23-13+/t24-,25+,26+,27-,28+,29+,33+/m0/s1. The summed E-state index contributed by atoms with van der Waals surface area (Å²) < 4.78 is 25.9. The number of rotatable bonds is 9. The van der Waals surface area contributed by atoms with E-state index < -0.39 is 20.2 Å². The number of hydrogen-bond donors (Lipinski definition) is 0. The molecule has 236 valence electrons. The predicted molar refractivity (Wildman–Crippen MR) is 166 cm³/mol. The number of allylic oxidation sites excluding steroid dienone is 1. The Hall–Kier alpha value is -1.22. The summed E-state index contributed by atoms with van der Waals surface area (Å²) in [6.45, 7) is 26.6. The van der Waals surface area contributed by atoms with Crippen LogP contribution in [0.3, 0.4) is 0 Å². The summed E-state index contributed by atoms with van der Waals surface area (Å²) in [6.07, 6.45) is 6.90. The van der Waals surface area contributed by atoms with Crippen molar-refractivity contribution in [3.8, 4) is 0 Å². The Morgan fingerprint density at radius 1 is 1.15 bits per heavy atom. The fourth-order valence-corrected chi connectivity index (χ4v) is 7.79. The van der Waals surface area contributed by atoms with E-state index in [2.05, 4.69) is 67.6 Å². The summed E-state index contributed by atoms with van der Waals surface area (Å²) in [4.78, 5) is 26.9. The summed E-state index contributed by atoms with van der Waals surface area (Å²) in [5.74, 6) is 0.0286. The van der Waals surface area contributed by atoms with Crippen molar-refractivity contribution < 1.29 is 28.2 Å². The number of imide groups is 1. The van der Waals surface area contributed by atoms with Gasteiger partial charge in [-0.2, -0.15) is 0 Å². The third-order valence-electron chi connectivity index (χ3n) is 9.95. The van der Waals surface area contributed by atoms with Crippen LogP contribution in [0.15, 0.2) is 11.6 Å². The van der Waals surface area contributed by atoms with Gasteiger partial charge < -0.3 is 18.6 Å². The van der Waals surface area contributed by atoms with Gasteiger partial charge in [-0.3, -0.25) is 4.79 Å². The molecule has 0 aromatic carbocycles. The van der Waals surface area contributed by atoms with Crippen LogP contribution in [0, 0.1) is 23.7 Å². The Morgan fingerprint density at radius 2 is 1.80 bits per heavy atom. The first-order chi connectivity index (χ1) is 18.9. The van der Waals surface area contributed by atoms with Gasteiger partial charge in [-0.25, -0.2) is 9.69 Å². The Labute approximate surface area is 251 Å². The van der Waals surface area contributed by atoms with Crippen molar-refractivity contribution in [2.45, 2.75) is 156 Å². The molecular weight excluding hydrogens is 534 g/mol. The third-order valence-corrected chi connectivity index (χ3v) is 14.5. The molecule has 1 spiro atoms. The molecule has 7 nitrogen and oxygen atoms in total. The highest BCUT2D eigenvalue weighted by molar-refractivity contribution is 6.74. The summed E-state index contributed by atoms with van der Waals surface area (Å²) >= 11 is 0. The van der Waals surface area contributed by atoms with Gasteiger partial charge in [0.05, 0.1) is 24.4 Å². The number of carbonyl (C=O) groups excluding carboxylic acids is 2. The molecular formula is C33H59NO6Si. The van der Waals surface area contributed by atoms with Crippen molar-refractivity contribution >= 4 is 20.3 Å². The molecule has 3 heterocycles. The molecule has 0 unspecified atom stereocenters. The van der Waals surface area contributed by atoms with Crippen LogP contribution < -0.4 is 0 Å². The zero-order valence-electron chi connectivity index (χ0n) is 28.0. The van der Waals surface area contributed by atoms with E-state index in [1.807, 2.05) is 20.8 Å². The van der Waals surface area contributed by atoms with Gasteiger partial charge in [-0.05, 0) is 68.5 Å². The first kappa shape index (κ1) is 34.3. The molecule has 0 radical (unpaired) electrons. The number of amides is 2. The Bertz CT molecular complexity index is 956. The van der Waals surface area contributed by atoms with Crippen LogP contribution in [0.4, 0.5) is 4.79 Å². The average molecular weight is 594 g/mol. The SMILES string of the molecule is C/C(=C\C[C@@H]1C[C@H](O[Si](C)(C)C(C)(C)C)C[C@]2(CC[C@H](C)[C@@H](C(C)C)O2)O1)C[C@@H](C)C(=O)N1C(=O)OC[C@@H]1C(C)C. The lowest BCUT2D eigenvalue weighted by molar-refractivity contribution is -0.338. The second kappa shape index (κ2) is 13.2. The maximum Gasteiger partial charge on any atom is 0.416 e. The highest BCUT2D eigenvalue weighted by Crippen LogP contribution is 2.46. The van der Waals surface area contributed by atoms with E-state index >= 15 is 0 Å². The summed E-state index contributed by atoms with van der Waals surface area (Å²) in [5, 5.41) is 0.131. The molecule has 2 amide bonds. The maximum atomic E-state index is 13.2. The Balaban J connectivity index is 1.73. The fourth-order valence-electron chi connectivity index (χ4n) is 6.42. The van der Waals surface area contributed by atoms with Crippen molar-refractivity contribution in [3.05, 3.63) is 11.6 Å². The smallest absolute Gasteiger partial charge is 0.416 e. The van der Waals surface area contributed by atoms with Crippen LogP contribution in [0.2, 0.25) is 18.1 Å². The van der Waals surface area contributed by atoms with Crippen molar-refractivity contribution in [3.63, 3.8) is 0 Å². The lowest BCUT2D eigenvalue weighted by Crippen LogP contribution is -2.56. The van der Waals surface area contributed by atoms with E-state index in [1.165, 1.54) is 4.90 Å². The molecule has 0 aliphatic carbocycles. The minimum Gasteiger partial charge on any atom is -0.447 e. The lowest BCUT2D eigenvalue weighted by atomic mass is 9.83. The van der Waals surface area contributed by atoms with Gasteiger partial charge in [0, 0.05) is 18.8 Å². The third kappa shape index (κ3) is 8.24. The number of nitrogens with zero attached hydrogens (tertiary/aromatic N) is 1. The Morgan fingerprint density at radius 3 is 2.39 bits per heavy atom. The van der Waals surface area contributed by atoms with Crippen molar-refractivity contribution in [1.29, 1.82) is 0 Å². The highest BCUT2D eigenvalue weighted by Gasteiger charge is 2.50. The number of hydrogen-bond acceptors (Lipinski definition) is 6. The van der Waals surface area contributed by atoms with E-state index in [-0.39, 0.29) is 53.7 Å². The van der Waals surface area contributed by atoms with Gasteiger partial charge >= 0.3 is 6.09 Å². The molecule has 0 aromatic rings. The van der Waals surface area contributed by atoms with E-state index in [1.54, 1.807) is 0 Å². The van der Waals surface area contributed by atoms with Crippen molar-refractivity contribution in [2.75, 3.05) is 6.61 Å². The molecule has 0 bridgehead atoms. The average Bonchev–Trinajstić information content (AvgIpc) is 3.24. The number of carbonyl (C=O) groups is 2. The lowest BCUT2D eigenvalue weighted by Gasteiger charge is -2.52. The zero-order valence-corrected chi connectivity index (χ0v) is 29.0. The highest BCUT2D eigenvalue weighted by atomic mass is 28.4. The Kier molecular flexibility index (Phi) is 11.0. The maximum absolute atomic E-state index is 13.2. The summed E-state index contributed by atoms with van der Waals surface area (Å²) in [7, 11) is -1.97. The van der Waals surface area contributed by atoms with Crippen LogP contribution in [0.25, 0.3) is 0 Å². The molecule has 3 rings (SSSR count). The van der Waals surface area contributed by atoms with Gasteiger partial charge in [0.1, 0.15) is 6.61 Å². The second-order valence-corrected chi connectivity index (χ2v) is 20.2. The predicted octanol–water partition coefficient (Wildman–Crippen LogP) is 8.09. The van der Waals surface area contributed by atoms with Crippen LogP contribution >= 0.6 is 0 Å². The molecule has 41 heavy (non-hydrogen) atoms. The van der Waals surface area contributed by atoms with Crippen LogP contribution in [-0.4, -0.2) is 62.0 Å². The summed E-state index contributed by atoms with van der Waals surface area (Å²) in [6, 6.07) is -0.195. The van der Waals surface area contributed by atoms with Gasteiger partial charge in [0.25, 0.3) is 0 Å². The van der Waals surface area contributed by atoms with Gasteiger partial charge in [0.15, 0.2) is 14.1 Å². The van der Waals surface area contributed by atoms with Gasteiger partial charge in [0.2, 0.25) is 5.91 Å². The van der Waals surface area contributed by atoms with Crippen LogP contribution in [0.5, 0.6) is 0 Å². The quantitative estimate of drug-likeness (QED) is 0.199. The van der Waals surface area contributed by atoms with Gasteiger partial charge in [-0.1, -0.05) is 74.0 Å². The zero-order chi connectivity index (χ0) is 30.9. The van der Waals surface area contributed by atoms with E-state index in [4.69, 9.17) is 18.6 Å². The summed E-state index contributed by atoms with van der Waals surface area (Å²) in [5.41, 5.74) is 1.13.